The van der Waals surface area contributed by atoms with Gasteiger partial charge in [0.15, 0.2) is 12.2 Å². The van der Waals surface area contributed by atoms with Gasteiger partial charge in [0.1, 0.15) is 0 Å². The Morgan fingerprint density at radius 2 is 2.19 bits per heavy atom. The third kappa shape index (κ3) is 3.62. The predicted molar refractivity (Wildman–Crippen MR) is 45.9 cm³/mol. The monoisotopic (exact) mass is 243 g/mol. The number of rotatable bonds is 3. The smallest absolute Gasteiger partial charge is 0.415 e. The molecule has 0 bridgehead atoms. The molecule has 8 heteroatoms. The van der Waals surface area contributed by atoms with Crippen LogP contribution in [0.2, 0.25) is 0 Å². The van der Waals surface area contributed by atoms with Crippen molar-refractivity contribution in [3.8, 4) is 0 Å². The summed E-state index contributed by atoms with van der Waals surface area (Å²) in [4.78, 5) is 11.8. The van der Waals surface area contributed by atoms with Crippen LogP contribution >= 0.6 is 0 Å². The number of β-amino-alcohol motifs (C(OH)–C–C–N with tert-alkyl or cyclic N) is 1. The third-order valence-corrected chi connectivity index (χ3v) is 2.23. The van der Waals surface area contributed by atoms with Crippen LogP contribution in [0.5, 0.6) is 0 Å². The molecule has 1 saturated heterocycles. The number of halogens is 3. The van der Waals surface area contributed by atoms with Gasteiger partial charge in [0.2, 0.25) is 0 Å². The van der Waals surface area contributed by atoms with Crippen LogP contribution in [-0.4, -0.2) is 65.7 Å². The maximum Gasteiger partial charge on any atom is 0.415 e. The second-order valence-electron chi connectivity index (χ2n) is 3.51. The number of ether oxygens (including phenoxy) is 1. The van der Waals surface area contributed by atoms with Crippen LogP contribution < -0.4 is 0 Å². The maximum absolute atomic E-state index is 12.0. The molecule has 0 radical (unpaired) electrons. The van der Waals surface area contributed by atoms with E-state index >= 15 is 0 Å². The molecule has 5 nitrogen and oxygen atoms in total. The van der Waals surface area contributed by atoms with Gasteiger partial charge < -0.3 is 14.9 Å². The lowest BCUT2D eigenvalue weighted by atomic mass is 10.2. The van der Waals surface area contributed by atoms with Crippen molar-refractivity contribution in [2.45, 2.75) is 18.4 Å². The normalized spacial score (nSPS) is 25.4. The van der Waals surface area contributed by atoms with Crippen molar-refractivity contribution in [2.24, 2.45) is 0 Å². The summed E-state index contributed by atoms with van der Waals surface area (Å²) in [7, 11) is 0. The van der Waals surface area contributed by atoms with Gasteiger partial charge in [-0.3, -0.25) is 4.90 Å². The average Bonchev–Trinajstić information content (AvgIpc) is 2.16. The molecule has 1 aliphatic heterocycles. The summed E-state index contributed by atoms with van der Waals surface area (Å²) >= 11 is 0. The molecule has 1 fully saturated rings. The fraction of sp³-hybridized carbons (Fsp3) is 0.875. The summed E-state index contributed by atoms with van der Waals surface area (Å²) in [6.07, 6.45) is -8.27. The second kappa shape index (κ2) is 4.98. The molecular weight excluding hydrogens is 231 g/mol. The SMILES string of the molecule is O=C(O)C1CN(CC(O)C(F)(F)F)CCO1. The Kier molecular flexibility index (Phi) is 4.11. The Labute approximate surface area is 89.4 Å². The number of morpholine rings is 1. The quantitative estimate of drug-likeness (QED) is 0.712. The van der Waals surface area contributed by atoms with E-state index < -0.39 is 30.9 Å². The van der Waals surface area contributed by atoms with Crippen LogP contribution in [0, 0.1) is 0 Å². The molecule has 0 aliphatic carbocycles. The fourth-order valence-corrected chi connectivity index (χ4v) is 1.37. The zero-order valence-corrected chi connectivity index (χ0v) is 8.28. The number of aliphatic hydroxyl groups is 1. The van der Waals surface area contributed by atoms with Crippen LogP contribution in [0.15, 0.2) is 0 Å². The van der Waals surface area contributed by atoms with Crippen molar-refractivity contribution in [3.05, 3.63) is 0 Å². The van der Waals surface area contributed by atoms with Gasteiger partial charge in [0.25, 0.3) is 0 Å². The first kappa shape index (κ1) is 13.2. The highest BCUT2D eigenvalue weighted by Crippen LogP contribution is 2.21. The predicted octanol–water partition coefficient (Wildman–Crippen LogP) is -0.305. The molecule has 1 aliphatic rings. The van der Waals surface area contributed by atoms with Gasteiger partial charge in [-0.25, -0.2) is 4.79 Å². The van der Waals surface area contributed by atoms with Crippen LogP contribution in [0.1, 0.15) is 0 Å². The molecule has 0 aromatic rings. The number of alkyl halides is 3. The van der Waals surface area contributed by atoms with E-state index in [1.807, 2.05) is 0 Å². The van der Waals surface area contributed by atoms with Gasteiger partial charge in [0, 0.05) is 19.6 Å². The first-order chi connectivity index (χ1) is 7.30. The minimum atomic E-state index is -4.68. The minimum Gasteiger partial charge on any atom is -0.479 e. The summed E-state index contributed by atoms with van der Waals surface area (Å²) in [5, 5.41) is 17.4. The number of nitrogens with zero attached hydrogens (tertiary/aromatic N) is 1. The molecule has 1 rings (SSSR count). The molecule has 0 aromatic heterocycles. The largest absolute Gasteiger partial charge is 0.479 e. The van der Waals surface area contributed by atoms with E-state index in [1.54, 1.807) is 0 Å². The van der Waals surface area contributed by atoms with E-state index in [9.17, 15) is 18.0 Å². The molecule has 0 amide bonds. The highest BCUT2D eigenvalue weighted by Gasteiger charge is 2.40. The van der Waals surface area contributed by atoms with Crippen LogP contribution in [-0.2, 0) is 9.53 Å². The summed E-state index contributed by atoms with van der Waals surface area (Å²) in [5.41, 5.74) is 0. The van der Waals surface area contributed by atoms with Crippen molar-refractivity contribution in [2.75, 3.05) is 26.2 Å². The minimum absolute atomic E-state index is 0.0432. The van der Waals surface area contributed by atoms with E-state index in [0.717, 1.165) is 0 Å². The Morgan fingerprint density at radius 1 is 1.56 bits per heavy atom. The van der Waals surface area contributed by atoms with Crippen molar-refractivity contribution >= 4 is 5.97 Å². The fourth-order valence-electron chi connectivity index (χ4n) is 1.37. The number of carbonyl (C=O) groups is 1. The molecule has 2 atom stereocenters. The van der Waals surface area contributed by atoms with E-state index in [2.05, 4.69) is 0 Å². The van der Waals surface area contributed by atoms with E-state index in [4.69, 9.17) is 14.9 Å². The number of aliphatic hydroxyl groups excluding tert-OH is 1. The Balaban J connectivity index is 2.46. The third-order valence-electron chi connectivity index (χ3n) is 2.23. The average molecular weight is 243 g/mol. The molecule has 2 N–H and O–H groups in total. The Hall–Kier alpha value is -0.860. The van der Waals surface area contributed by atoms with Gasteiger partial charge in [-0.1, -0.05) is 0 Å². The first-order valence-corrected chi connectivity index (χ1v) is 4.62. The number of hydrogen-bond donors (Lipinski definition) is 2. The first-order valence-electron chi connectivity index (χ1n) is 4.62. The van der Waals surface area contributed by atoms with Crippen molar-refractivity contribution in [1.82, 2.24) is 4.90 Å². The second-order valence-corrected chi connectivity index (χ2v) is 3.51. The van der Waals surface area contributed by atoms with Gasteiger partial charge in [-0.15, -0.1) is 0 Å². The lowest BCUT2D eigenvalue weighted by Crippen LogP contribution is -2.50. The molecule has 1 heterocycles. The van der Waals surface area contributed by atoms with Crippen LogP contribution in [0.25, 0.3) is 0 Å². The zero-order chi connectivity index (χ0) is 12.3. The standard InChI is InChI=1S/C8H12F3NO4/c9-8(10,11)6(13)4-12-1-2-16-5(3-12)7(14)15/h5-6,13H,1-4H2,(H,14,15). The van der Waals surface area contributed by atoms with Crippen molar-refractivity contribution in [1.29, 1.82) is 0 Å². The topological polar surface area (TPSA) is 70.0 Å². The highest BCUT2D eigenvalue weighted by molar-refractivity contribution is 5.72. The summed E-state index contributed by atoms with van der Waals surface area (Å²) in [5.74, 6) is -1.22. The van der Waals surface area contributed by atoms with Gasteiger partial charge >= 0.3 is 12.1 Å². The number of carboxylic acid groups (broad SMARTS) is 1. The molecule has 0 spiro atoms. The van der Waals surface area contributed by atoms with Crippen LogP contribution in [0.3, 0.4) is 0 Å². The van der Waals surface area contributed by atoms with Gasteiger partial charge in [0.05, 0.1) is 6.61 Å². The molecule has 0 aromatic carbocycles. The van der Waals surface area contributed by atoms with Gasteiger partial charge in [-0.05, 0) is 0 Å². The summed E-state index contributed by atoms with van der Waals surface area (Å²) in [6, 6.07) is 0. The van der Waals surface area contributed by atoms with Crippen molar-refractivity contribution < 1.29 is 32.9 Å². The zero-order valence-electron chi connectivity index (χ0n) is 8.28. The lowest BCUT2D eigenvalue weighted by molar-refractivity contribution is -0.211. The maximum atomic E-state index is 12.0. The van der Waals surface area contributed by atoms with E-state index in [1.165, 1.54) is 4.90 Å². The number of hydrogen-bond acceptors (Lipinski definition) is 4. The Morgan fingerprint density at radius 3 is 2.69 bits per heavy atom. The highest BCUT2D eigenvalue weighted by atomic mass is 19.4. The Bertz CT molecular complexity index is 258. The molecular formula is C8H12F3NO4. The molecule has 16 heavy (non-hydrogen) atoms. The molecule has 2 unspecified atom stereocenters. The summed E-state index contributed by atoms with van der Waals surface area (Å²) < 4.78 is 40.9. The number of carboxylic acids is 1. The summed E-state index contributed by atoms with van der Waals surface area (Å²) in [6.45, 7) is -0.558. The van der Waals surface area contributed by atoms with Gasteiger partial charge in [-0.2, -0.15) is 13.2 Å². The van der Waals surface area contributed by atoms with Crippen molar-refractivity contribution in [3.63, 3.8) is 0 Å². The lowest BCUT2D eigenvalue weighted by Gasteiger charge is -2.32. The van der Waals surface area contributed by atoms with E-state index in [-0.39, 0.29) is 19.7 Å². The number of aliphatic carboxylic acids is 1. The van der Waals surface area contributed by atoms with E-state index in [0.29, 0.717) is 0 Å². The molecule has 0 saturated carbocycles. The molecule has 94 valence electrons. The van der Waals surface area contributed by atoms with Crippen LogP contribution in [0.4, 0.5) is 13.2 Å².